The van der Waals surface area contributed by atoms with E-state index in [1.165, 1.54) is 19.2 Å². The first-order chi connectivity index (χ1) is 13.6. The lowest BCUT2D eigenvalue weighted by Gasteiger charge is -2.15. The van der Waals surface area contributed by atoms with Crippen molar-refractivity contribution in [2.75, 3.05) is 7.11 Å². The third-order valence-electron chi connectivity index (χ3n) is 3.77. The molecule has 1 N–H and O–H groups in total. The Morgan fingerprint density at radius 1 is 0.821 bits per heavy atom. The Labute approximate surface area is 161 Å². The van der Waals surface area contributed by atoms with E-state index in [9.17, 15) is 14.3 Å². The second-order valence-corrected chi connectivity index (χ2v) is 5.65. The fourth-order valence-electron chi connectivity index (χ4n) is 2.51. The molecule has 0 amide bonds. The molecule has 0 aliphatic heterocycles. The van der Waals surface area contributed by atoms with Gasteiger partial charge < -0.3 is 19.3 Å². The molecule has 3 aromatic carbocycles. The molecule has 6 heteroatoms. The molecule has 3 aromatic rings. The van der Waals surface area contributed by atoms with Crippen molar-refractivity contribution in [1.29, 1.82) is 0 Å². The summed E-state index contributed by atoms with van der Waals surface area (Å²) in [5.41, 5.74) is 0.267. The molecule has 5 nitrogen and oxygen atoms in total. The van der Waals surface area contributed by atoms with Gasteiger partial charge >= 0.3 is 5.97 Å². The minimum absolute atomic E-state index is 0.0531. The van der Waals surface area contributed by atoms with Crippen molar-refractivity contribution < 1.29 is 28.5 Å². The molecule has 0 aliphatic carbocycles. The van der Waals surface area contributed by atoms with Gasteiger partial charge in [-0.15, -0.1) is 0 Å². The van der Waals surface area contributed by atoms with E-state index in [1.807, 2.05) is 0 Å². The number of ether oxygens (including phenoxy) is 3. The number of carbonyl (C=O) groups is 1. The SMILES string of the molecule is CO/C=C(/C(=O)O)c1ccccc1Oc1ccccc1Oc1ccccc1F. The number of halogens is 1. The van der Waals surface area contributed by atoms with Crippen LogP contribution in [-0.2, 0) is 9.53 Å². The van der Waals surface area contributed by atoms with E-state index in [0.717, 1.165) is 6.26 Å². The monoisotopic (exact) mass is 380 g/mol. The number of methoxy groups -OCH3 is 1. The molecule has 142 valence electrons. The summed E-state index contributed by atoms with van der Waals surface area (Å²) in [6.07, 6.45) is 1.13. The van der Waals surface area contributed by atoms with Crippen molar-refractivity contribution in [2.45, 2.75) is 0 Å². The molecule has 0 saturated carbocycles. The van der Waals surface area contributed by atoms with Crippen molar-refractivity contribution in [3.05, 3.63) is 90.4 Å². The van der Waals surface area contributed by atoms with Crippen LogP contribution in [0, 0.1) is 5.82 Å². The standard InChI is InChI=1S/C22H17FO5/c1-26-14-16(22(24)25)15-8-2-4-10-18(15)27-20-12-6-7-13-21(20)28-19-11-5-3-9-17(19)23/h2-14H,1H3,(H,24,25)/b16-14+. The molecule has 0 heterocycles. The Balaban J connectivity index is 1.97. The lowest BCUT2D eigenvalue weighted by molar-refractivity contribution is -0.130. The first-order valence-corrected chi connectivity index (χ1v) is 8.35. The number of benzene rings is 3. The highest BCUT2D eigenvalue weighted by atomic mass is 19.1. The molecule has 0 bridgehead atoms. The summed E-state index contributed by atoms with van der Waals surface area (Å²) in [7, 11) is 1.37. The minimum atomic E-state index is -1.16. The second-order valence-electron chi connectivity index (χ2n) is 5.65. The van der Waals surface area contributed by atoms with Gasteiger partial charge in [-0.2, -0.15) is 0 Å². The Morgan fingerprint density at radius 3 is 1.89 bits per heavy atom. The van der Waals surface area contributed by atoms with Crippen LogP contribution < -0.4 is 9.47 Å². The van der Waals surface area contributed by atoms with Gasteiger partial charge in [0.15, 0.2) is 23.1 Å². The van der Waals surface area contributed by atoms with Crippen molar-refractivity contribution >= 4 is 11.5 Å². The fraction of sp³-hybridized carbons (Fsp3) is 0.0455. The highest BCUT2D eigenvalue weighted by Crippen LogP contribution is 2.37. The van der Waals surface area contributed by atoms with Crippen LogP contribution in [0.4, 0.5) is 4.39 Å². The third-order valence-corrected chi connectivity index (χ3v) is 3.77. The summed E-state index contributed by atoms with van der Waals surface area (Å²) >= 11 is 0. The number of para-hydroxylation sites is 4. The van der Waals surface area contributed by atoms with Crippen LogP contribution in [0.3, 0.4) is 0 Å². The molecular weight excluding hydrogens is 363 g/mol. The average molecular weight is 380 g/mol. The van der Waals surface area contributed by atoms with Crippen LogP contribution in [0.5, 0.6) is 23.0 Å². The normalized spacial score (nSPS) is 11.0. The topological polar surface area (TPSA) is 65.0 Å². The first-order valence-electron chi connectivity index (χ1n) is 8.35. The number of hydrogen-bond donors (Lipinski definition) is 1. The molecule has 0 saturated heterocycles. The smallest absolute Gasteiger partial charge is 0.339 e. The number of hydrogen-bond acceptors (Lipinski definition) is 4. The Hall–Kier alpha value is -3.80. The lowest BCUT2D eigenvalue weighted by Crippen LogP contribution is -2.02. The van der Waals surface area contributed by atoms with Gasteiger partial charge in [-0.25, -0.2) is 9.18 Å². The van der Waals surface area contributed by atoms with Crippen LogP contribution >= 0.6 is 0 Å². The number of aliphatic carboxylic acids is 1. The van der Waals surface area contributed by atoms with Crippen LogP contribution in [0.1, 0.15) is 5.56 Å². The van der Waals surface area contributed by atoms with E-state index in [0.29, 0.717) is 11.3 Å². The maximum atomic E-state index is 13.9. The number of carboxylic acid groups (broad SMARTS) is 1. The minimum Gasteiger partial charge on any atom is -0.503 e. The molecule has 28 heavy (non-hydrogen) atoms. The Kier molecular flexibility index (Phi) is 5.91. The fourth-order valence-corrected chi connectivity index (χ4v) is 2.51. The molecule has 3 rings (SSSR count). The molecule has 0 aliphatic rings. The molecule has 0 unspecified atom stereocenters. The van der Waals surface area contributed by atoms with E-state index in [2.05, 4.69) is 0 Å². The van der Waals surface area contributed by atoms with Gasteiger partial charge in [-0.3, -0.25) is 0 Å². The maximum absolute atomic E-state index is 13.9. The molecule has 0 spiro atoms. The number of carboxylic acids is 1. The molecule has 0 radical (unpaired) electrons. The first kappa shape index (κ1) is 19.0. The van der Waals surface area contributed by atoms with Gasteiger partial charge in [0.05, 0.1) is 13.4 Å². The zero-order chi connectivity index (χ0) is 19.9. The predicted molar refractivity (Wildman–Crippen MR) is 102 cm³/mol. The van der Waals surface area contributed by atoms with Crippen molar-refractivity contribution in [1.82, 2.24) is 0 Å². The molecule has 0 fully saturated rings. The number of rotatable bonds is 7. The van der Waals surface area contributed by atoms with Crippen molar-refractivity contribution in [3.63, 3.8) is 0 Å². The summed E-state index contributed by atoms with van der Waals surface area (Å²) in [6, 6.07) is 19.4. The van der Waals surface area contributed by atoms with E-state index >= 15 is 0 Å². The Bertz CT molecular complexity index is 1010. The zero-order valence-electron chi connectivity index (χ0n) is 15.0. The van der Waals surface area contributed by atoms with E-state index in [1.54, 1.807) is 60.7 Å². The van der Waals surface area contributed by atoms with Crippen LogP contribution in [0.15, 0.2) is 79.1 Å². The van der Waals surface area contributed by atoms with Crippen molar-refractivity contribution in [3.8, 4) is 23.0 Å². The van der Waals surface area contributed by atoms with Gasteiger partial charge in [-0.1, -0.05) is 42.5 Å². The van der Waals surface area contributed by atoms with Gasteiger partial charge in [0, 0.05) is 5.56 Å². The molecular formula is C22H17FO5. The summed E-state index contributed by atoms with van der Waals surface area (Å²) in [5, 5.41) is 9.46. The zero-order valence-corrected chi connectivity index (χ0v) is 15.0. The van der Waals surface area contributed by atoms with Gasteiger partial charge in [-0.05, 0) is 30.3 Å². The predicted octanol–water partition coefficient (Wildman–Crippen LogP) is 5.48. The Morgan fingerprint density at radius 2 is 1.32 bits per heavy atom. The summed E-state index contributed by atoms with van der Waals surface area (Å²) in [5.74, 6) is -0.729. The highest BCUT2D eigenvalue weighted by molar-refractivity contribution is 6.15. The van der Waals surface area contributed by atoms with E-state index in [-0.39, 0.29) is 22.8 Å². The van der Waals surface area contributed by atoms with Crippen LogP contribution in [-0.4, -0.2) is 18.2 Å². The van der Waals surface area contributed by atoms with Crippen LogP contribution in [0.25, 0.3) is 5.57 Å². The summed E-state index contributed by atoms with van der Waals surface area (Å²) in [6.45, 7) is 0. The maximum Gasteiger partial charge on any atom is 0.339 e. The highest BCUT2D eigenvalue weighted by Gasteiger charge is 2.18. The van der Waals surface area contributed by atoms with Gasteiger partial charge in [0.1, 0.15) is 11.3 Å². The second kappa shape index (κ2) is 8.73. The van der Waals surface area contributed by atoms with E-state index < -0.39 is 11.8 Å². The van der Waals surface area contributed by atoms with Crippen LogP contribution in [0.2, 0.25) is 0 Å². The van der Waals surface area contributed by atoms with Gasteiger partial charge in [0.25, 0.3) is 0 Å². The quantitative estimate of drug-likeness (QED) is 0.434. The average Bonchev–Trinajstić information content (AvgIpc) is 2.70. The van der Waals surface area contributed by atoms with Crippen molar-refractivity contribution in [2.24, 2.45) is 0 Å². The summed E-state index contributed by atoms with van der Waals surface area (Å²) < 4.78 is 30.4. The van der Waals surface area contributed by atoms with E-state index in [4.69, 9.17) is 14.2 Å². The van der Waals surface area contributed by atoms with Gasteiger partial charge in [0.2, 0.25) is 0 Å². The largest absolute Gasteiger partial charge is 0.503 e. The summed E-state index contributed by atoms with van der Waals surface area (Å²) in [4.78, 5) is 11.6. The molecule has 0 aromatic heterocycles. The third kappa shape index (κ3) is 4.29. The lowest BCUT2D eigenvalue weighted by atomic mass is 10.1. The molecule has 0 atom stereocenters.